The highest BCUT2D eigenvalue weighted by Crippen LogP contribution is 2.35. The Labute approximate surface area is 171 Å². The van der Waals surface area contributed by atoms with Crippen LogP contribution in [0.15, 0.2) is 80.7 Å². The van der Waals surface area contributed by atoms with Crippen LogP contribution in [0.25, 0.3) is 0 Å². The minimum absolute atomic E-state index is 0.738. The quantitative estimate of drug-likeness (QED) is 0.251. The van der Waals surface area contributed by atoms with Crippen LogP contribution in [0.4, 0.5) is 0 Å². The van der Waals surface area contributed by atoms with Crippen LogP contribution >= 0.6 is 23.4 Å². The van der Waals surface area contributed by atoms with E-state index in [4.69, 9.17) is 16.3 Å². The second kappa shape index (κ2) is 10.9. The van der Waals surface area contributed by atoms with Crippen molar-refractivity contribution in [3.05, 3.63) is 81.4 Å². The van der Waals surface area contributed by atoms with Gasteiger partial charge in [0.2, 0.25) is 0 Å². The van der Waals surface area contributed by atoms with Gasteiger partial charge in [0.1, 0.15) is 5.75 Å². The molecule has 0 bridgehead atoms. The molecule has 5 heteroatoms. The van der Waals surface area contributed by atoms with Crippen LogP contribution in [0.2, 0.25) is 5.02 Å². The number of nitrogens with one attached hydrogen (secondary N) is 1. The van der Waals surface area contributed by atoms with Gasteiger partial charge in [0.05, 0.1) is 13.4 Å². The zero-order chi connectivity index (χ0) is 19.6. The van der Waals surface area contributed by atoms with Gasteiger partial charge in [-0.2, -0.15) is 0 Å². The summed E-state index contributed by atoms with van der Waals surface area (Å²) in [5.74, 6) is 0.854. The summed E-state index contributed by atoms with van der Waals surface area (Å²) in [5.41, 5.74) is 3.50. The molecule has 142 valence electrons. The van der Waals surface area contributed by atoms with Crippen LogP contribution < -0.4 is 10.1 Å². The first-order valence-corrected chi connectivity index (χ1v) is 9.86. The van der Waals surface area contributed by atoms with E-state index >= 15 is 0 Å². The maximum absolute atomic E-state index is 6.03. The molecule has 0 saturated carbocycles. The third kappa shape index (κ3) is 6.49. The van der Waals surface area contributed by atoms with Gasteiger partial charge in [-0.15, -0.1) is 0 Å². The van der Waals surface area contributed by atoms with Crippen molar-refractivity contribution in [3.8, 4) is 5.75 Å². The Morgan fingerprint density at radius 2 is 1.81 bits per heavy atom. The Morgan fingerprint density at radius 1 is 1.15 bits per heavy atom. The van der Waals surface area contributed by atoms with Crippen molar-refractivity contribution in [2.24, 2.45) is 4.99 Å². The maximum Gasteiger partial charge on any atom is 0.118 e. The Kier molecular flexibility index (Phi) is 8.49. The first-order valence-electron chi connectivity index (χ1n) is 8.67. The van der Waals surface area contributed by atoms with Crippen molar-refractivity contribution in [3.63, 3.8) is 0 Å². The van der Waals surface area contributed by atoms with Crippen molar-refractivity contribution < 1.29 is 4.74 Å². The van der Waals surface area contributed by atoms with Gasteiger partial charge in [-0.25, -0.2) is 0 Å². The van der Waals surface area contributed by atoms with E-state index in [0.717, 1.165) is 27.8 Å². The third-order valence-electron chi connectivity index (χ3n) is 4.01. The monoisotopic (exact) mass is 400 g/mol. The molecule has 3 nitrogen and oxygen atoms in total. The molecule has 0 saturated heterocycles. The molecule has 27 heavy (non-hydrogen) atoms. The van der Waals surface area contributed by atoms with Crippen molar-refractivity contribution >= 4 is 29.7 Å². The molecule has 0 unspecified atom stereocenters. The molecule has 2 aromatic rings. The van der Waals surface area contributed by atoms with E-state index in [1.165, 1.54) is 16.0 Å². The average molecular weight is 401 g/mol. The number of rotatable bonds is 8. The number of hydrogen-bond acceptors (Lipinski definition) is 3. The lowest BCUT2D eigenvalue weighted by molar-refractivity contribution is 0.414. The summed E-state index contributed by atoms with van der Waals surface area (Å²) in [7, 11) is 3.43. The molecule has 0 aliphatic rings. The highest BCUT2D eigenvalue weighted by Gasteiger charge is 2.12. The number of allylic oxidation sites excluding steroid dienone is 3. The molecule has 0 radical (unpaired) electrons. The number of aliphatic imine (C=N–C) groups is 1. The van der Waals surface area contributed by atoms with Gasteiger partial charge in [0.25, 0.3) is 0 Å². The zero-order valence-corrected chi connectivity index (χ0v) is 17.7. The molecule has 0 atom stereocenters. The van der Waals surface area contributed by atoms with Gasteiger partial charge < -0.3 is 10.1 Å². The predicted octanol–water partition coefficient (Wildman–Crippen LogP) is 6.11. The van der Waals surface area contributed by atoms with E-state index in [1.807, 2.05) is 36.4 Å². The van der Waals surface area contributed by atoms with Gasteiger partial charge in [-0.3, -0.25) is 4.99 Å². The molecule has 0 amide bonds. The first-order chi connectivity index (χ1) is 13.1. The van der Waals surface area contributed by atoms with Crippen LogP contribution in [-0.2, 0) is 6.42 Å². The maximum atomic E-state index is 6.03. The largest absolute Gasteiger partial charge is 0.497 e. The van der Waals surface area contributed by atoms with Gasteiger partial charge in [0.15, 0.2) is 0 Å². The van der Waals surface area contributed by atoms with Crippen LogP contribution in [0, 0.1) is 0 Å². The highest BCUT2D eigenvalue weighted by molar-refractivity contribution is 8.03. The lowest BCUT2D eigenvalue weighted by Gasteiger charge is -2.16. The van der Waals surface area contributed by atoms with Gasteiger partial charge in [-0.1, -0.05) is 41.6 Å². The minimum Gasteiger partial charge on any atom is -0.497 e. The number of methoxy groups -OCH3 is 1. The van der Waals surface area contributed by atoms with E-state index in [2.05, 4.69) is 42.4 Å². The average Bonchev–Trinajstić information content (AvgIpc) is 2.70. The third-order valence-corrected chi connectivity index (χ3v) is 5.54. The fourth-order valence-electron chi connectivity index (χ4n) is 2.42. The lowest BCUT2D eigenvalue weighted by Crippen LogP contribution is -2.15. The fraction of sp³-hybridized carbons (Fsp3) is 0.227. The molecule has 0 aliphatic carbocycles. The molecule has 0 fully saturated rings. The Hall–Kier alpha value is -2.17. The molecule has 2 rings (SSSR count). The molecule has 0 heterocycles. The van der Waals surface area contributed by atoms with Crippen LogP contribution in [0.1, 0.15) is 19.4 Å². The normalized spacial score (nSPS) is 12.9. The number of halogens is 1. The summed E-state index contributed by atoms with van der Waals surface area (Å²) >= 11 is 7.75. The second-order valence-corrected chi connectivity index (χ2v) is 7.41. The van der Waals surface area contributed by atoms with Gasteiger partial charge in [-0.05, 0) is 61.4 Å². The van der Waals surface area contributed by atoms with E-state index in [9.17, 15) is 0 Å². The number of benzene rings is 2. The summed E-state index contributed by atoms with van der Waals surface area (Å²) in [4.78, 5) is 6.41. The number of hydrogen-bond donors (Lipinski definition) is 1. The molecular weight excluding hydrogens is 376 g/mol. The lowest BCUT2D eigenvalue weighted by atomic mass is 10.1. The van der Waals surface area contributed by atoms with Crippen molar-refractivity contribution in [1.29, 1.82) is 0 Å². The Morgan fingerprint density at radius 3 is 2.37 bits per heavy atom. The zero-order valence-electron chi connectivity index (χ0n) is 16.1. The summed E-state index contributed by atoms with van der Waals surface area (Å²) in [5, 5.41) is 4.10. The van der Waals surface area contributed by atoms with E-state index in [0.29, 0.717) is 0 Å². The van der Waals surface area contributed by atoms with Crippen LogP contribution in [0.5, 0.6) is 5.75 Å². The highest BCUT2D eigenvalue weighted by atomic mass is 35.5. The Balaban J connectivity index is 2.41. The summed E-state index contributed by atoms with van der Waals surface area (Å²) in [6.45, 7) is 4.17. The second-order valence-electron chi connectivity index (χ2n) is 5.89. The first kappa shape index (κ1) is 21.1. The van der Waals surface area contributed by atoms with Gasteiger partial charge in [0, 0.05) is 34.0 Å². The van der Waals surface area contributed by atoms with E-state index in [-0.39, 0.29) is 0 Å². The summed E-state index contributed by atoms with van der Waals surface area (Å²) in [6.07, 6.45) is 4.61. The predicted molar refractivity (Wildman–Crippen MR) is 118 cm³/mol. The van der Waals surface area contributed by atoms with Gasteiger partial charge >= 0.3 is 0 Å². The van der Waals surface area contributed by atoms with E-state index < -0.39 is 0 Å². The number of nitrogens with zero attached hydrogens (tertiary/aromatic N) is 1. The smallest absolute Gasteiger partial charge is 0.118 e. The molecular formula is C22H25ClN2OS. The van der Waals surface area contributed by atoms with Crippen LogP contribution in [0.3, 0.4) is 0 Å². The molecule has 0 aromatic heterocycles. The van der Waals surface area contributed by atoms with Crippen molar-refractivity contribution in [1.82, 2.24) is 5.32 Å². The molecule has 0 spiro atoms. The van der Waals surface area contributed by atoms with Crippen molar-refractivity contribution in [2.75, 3.05) is 14.2 Å². The number of ether oxygens (including phenoxy) is 1. The van der Waals surface area contributed by atoms with E-state index in [1.54, 1.807) is 32.3 Å². The SMILES string of the molecule is C/C=C(C)/C(Sc1ccc(Cl)cc1)=C(/Cc1ccc(OC)cc1)NC=NC. The number of thioether (sulfide) groups is 1. The Bertz CT molecular complexity index is 824. The van der Waals surface area contributed by atoms with Crippen LogP contribution in [-0.4, -0.2) is 20.5 Å². The van der Waals surface area contributed by atoms with Crippen molar-refractivity contribution in [2.45, 2.75) is 25.2 Å². The fourth-order valence-corrected chi connectivity index (χ4v) is 3.59. The summed E-state index contributed by atoms with van der Waals surface area (Å²) < 4.78 is 5.26. The standard InChI is InChI=1S/C22H25ClN2OS/c1-5-16(2)22(27-20-12-8-18(23)9-13-20)21(25-15-24-3)14-17-6-10-19(26-4)11-7-17/h5-13,15H,14H2,1-4H3,(H,24,25)/b16-5+,22-21+. The molecule has 0 aliphatic heterocycles. The topological polar surface area (TPSA) is 33.6 Å². The minimum atomic E-state index is 0.738. The molecule has 1 N–H and O–H groups in total. The summed E-state index contributed by atoms with van der Waals surface area (Å²) in [6, 6.07) is 16.0. The molecule has 2 aromatic carbocycles.